The van der Waals surface area contributed by atoms with Crippen molar-refractivity contribution in [2.75, 3.05) is 18.9 Å². The molecule has 10 heteroatoms. The van der Waals surface area contributed by atoms with Crippen LogP contribution in [0.2, 0.25) is 5.02 Å². The van der Waals surface area contributed by atoms with Gasteiger partial charge in [0.2, 0.25) is 11.9 Å². The molecule has 3 aromatic heterocycles. The van der Waals surface area contributed by atoms with Crippen molar-refractivity contribution >= 4 is 23.5 Å². The van der Waals surface area contributed by atoms with E-state index < -0.39 is 5.54 Å². The Hall–Kier alpha value is -3.04. The lowest BCUT2D eigenvalue weighted by atomic mass is 10.00. The zero-order valence-electron chi connectivity index (χ0n) is 17.2. The maximum atomic E-state index is 11.7. The van der Waals surface area contributed by atoms with Crippen molar-refractivity contribution in [3.63, 3.8) is 0 Å². The molecular weight excluding hydrogens is 404 g/mol. The molecule has 158 valence electrons. The number of hydrogen-bond donors (Lipinski definition) is 3. The number of rotatable bonds is 9. The Bertz CT molecular complexity index is 986. The fourth-order valence-electron chi connectivity index (χ4n) is 2.81. The van der Waals surface area contributed by atoms with Gasteiger partial charge in [-0.05, 0) is 33.0 Å². The Balaban J connectivity index is 1.63. The van der Waals surface area contributed by atoms with Gasteiger partial charge in [-0.15, -0.1) is 0 Å². The second-order valence-electron chi connectivity index (χ2n) is 7.27. The van der Waals surface area contributed by atoms with Crippen molar-refractivity contribution in [2.45, 2.75) is 32.4 Å². The van der Waals surface area contributed by atoms with Crippen LogP contribution in [-0.4, -0.2) is 44.2 Å². The quantitative estimate of drug-likeness (QED) is 0.479. The summed E-state index contributed by atoms with van der Waals surface area (Å²) < 4.78 is 1.67. The number of aromatic nitrogens is 5. The molecule has 0 unspecified atom stereocenters. The Morgan fingerprint density at radius 1 is 1.20 bits per heavy atom. The van der Waals surface area contributed by atoms with E-state index in [-0.39, 0.29) is 5.91 Å². The van der Waals surface area contributed by atoms with Crippen molar-refractivity contribution < 1.29 is 4.79 Å². The van der Waals surface area contributed by atoms with Crippen LogP contribution in [0.5, 0.6) is 0 Å². The van der Waals surface area contributed by atoms with Gasteiger partial charge in [0.15, 0.2) is 0 Å². The van der Waals surface area contributed by atoms with E-state index in [4.69, 9.17) is 11.6 Å². The van der Waals surface area contributed by atoms with E-state index in [1.54, 1.807) is 41.6 Å². The van der Waals surface area contributed by atoms with Crippen LogP contribution in [0.25, 0.3) is 5.69 Å². The number of anilines is 1. The van der Waals surface area contributed by atoms with Crippen LogP contribution in [0, 0.1) is 0 Å². The Labute approximate surface area is 180 Å². The van der Waals surface area contributed by atoms with E-state index in [9.17, 15) is 4.79 Å². The summed E-state index contributed by atoms with van der Waals surface area (Å²) in [4.78, 5) is 24.8. The van der Waals surface area contributed by atoms with Crippen LogP contribution < -0.4 is 16.0 Å². The molecule has 0 saturated heterocycles. The van der Waals surface area contributed by atoms with Crippen molar-refractivity contribution in [3.05, 3.63) is 59.4 Å². The molecule has 0 radical (unpaired) electrons. The fraction of sp³-hybridized carbons (Fsp3) is 0.350. The van der Waals surface area contributed by atoms with E-state index in [0.717, 1.165) is 5.56 Å². The Morgan fingerprint density at radius 2 is 1.97 bits per heavy atom. The standard InChI is InChI=1S/C20H25ClN8O/c1-20(2,18-16(21)5-4-7-23-18)28-19-25-11-15(12-26-19)29-13-14(10-27-29)9-24-17(30)6-8-22-3/h4-5,7,10-13,22H,6,8-9H2,1-3H3,(H,24,30)(H,25,26,28). The molecule has 0 bridgehead atoms. The van der Waals surface area contributed by atoms with Gasteiger partial charge < -0.3 is 16.0 Å². The van der Waals surface area contributed by atoms with Crippen molar-refractivity contribution in [2.24, 2.45) is 0 Å². The first-order valence-electron chi connectivity index (χ1n) is 9.55. The normalized spacial score (nSPS) is 11.3. The van der Waals surface area contributed by atoms with E-state index in [1.807, 2.05) is 27.1 Å². The third-order valence-corrected chi connectivity index (χ3v) is 4.71. The van der Waals surface area contributed by atoms with Gasteiger partial charge in [0.25, 0.3) is 0 Å². The maximum absolute atomic E-state index is 11.7. The number of nitrogens with one attached hydrogen (secondary N) is 3. The summed E-state index contributed by atoms with van der Waals surface area (Å²) in [6.45, 7) is 4.99. The monoisotopic (exact) mass is 428 g/mol. The molecule has 0 aliphatic carbocycles. The van der Waals surface area contributed by atoms with Gasteiger partial charge in [0, 0.05) is 37.5 Å². The second kappa shape index (κ2) is 9.64. The topological polar surface area (TPSA) is 110 Å². The van der Waals surface area contributed by atoms with E-state index in [1.165, 1.54) is 0 Å². The highest BCUT2D eigenvalue weighted by atomic mass is 35.5. The highest BCUT2D eigenvalue weighted by Gasteiger charge is 2.25. The molecule has 0 aliphatic heterocycles. The summed E-state index contributed by atoms with van der Waals surface area (Å²) in [6.07, 6.45) is 9.03. The average molecular weight is 429 g/mol. The number of carbonyl (C=O) groups excluding carboxylic acids is 1. The molecule has 3 heterocycles. The minimum atomic E-state index is -0.551. The van der Waals surface area contributed by atoms with Gasteiger partial charge in [0.1, 0.15) is 5.69 Å². The van der Waals surface area contributed by atoms with E-state index in [2.05, 4.69) is 36.0 Å². The molecule has 0 saturated carbocycles. The van der Waals surface area contributed by atoms with Crippen LogP contribution in [0.15, 0.2) is 43.1 Å². The number of hydrogen-bond acceptors (Lipinski definition) is 7. The van der Waals surface area contributed by atoms with Crippen LogP contribution in [-0.2, 0) is 16.9 Å². The van der Waals surface area contributed by atoms with Crippen LogP contribution in [0.1, 0.15) is 31.5 Å². The lowest BCUT2D eigenvalue weighted by Crippen LogP contribution is -2.30. The molecule has 0 aromatic carbocycles. The maximum Gasteiger partial charge on any atom is 0.223 e. The summed E-state index contributed by atoms with van der Waals surface area (Å²) in [6, 6.07) is 3.59. The SMILES string of the molecule is CNCCC(=O)NCc1cnn(-c2cnc(NC(C)(C)c3ncccc3Cl)nc2)c1. The van der Waals surface area contributed by atoms with Crippen LogP contribution in [0.3, 0.4) is 0 Å². The first-order valence-corrected chi connectivity index (χ1v) is 9.93. The van der Waals surface area contributed by atoms with Crippen LogP contribution >= 0.6 is 11.6 Å². The Morgan fingerprint density at radius 3 is 2.67 bits per heavy atom. The molecule has 3 rings (SSSR count). The summed E-state index contributed by atoms with van der Waals surface area (Å²) in [5.74, 6) is 0.445. The van der Waals surface area contributed by atoms with Gasteiger partial charge in [-0.25, -0.2) is 14.6 Å². The summed E-state index contributed by atoms with van der Waals surface area (Å²) in [7, 11) is 1.81. The number of pyridine rings is 1. The molecule has 0 fully saturated rings. The molecule has 1 amide bonds. The highest BCUT2D eigenvalue weighted by molar-refractivity contribution is 6.31. The molecular formula is C20H25ClN8O. The first-order chi connectivity index (χ1) is 14.4. The minimum Gasteiger partial charge on any atom is -0.352 e. The third-order valence-electron chi connectivity index (χ3n) is 4.41. The number of amides is 1. The third kappa shape index (κ3) is 5.52. The fourth-order valence-corrected chi connectivity index (χ4v) is 3.17. The van der Waals surface area contributed by atoms with Crippen LogP contribution in [0.4, 0.5) is 5.95 Å². The smallest absolute Gasteiger partial charge is 0.223 e. The predicted octanol–water partition coefficient (Wildman–Crippen LogP) is 2.28. The second-order valence-corrected chi connectivity index (χ2v) is 7.68. The van der Waals surface area contributed by atoms with Gasteiger partial charge in [-0.3, -0.25) is 9.78 Å². The summed E-state index contributed by atoms with van der Waals surface area (Å²) in [5.41, 5.74) is 1.76. The first kappa shape index (κ1) is 21.7. The summed E-state index contributed by atoms with van der Waals surface area (Å²) >= 11 is 6.27. The van der Waals surface area contributed by atoms with Gasteiger partial charge in [-0.1, -0.05) is 11.6 Å². The summed E-state index contributed by atoms with van der Waals surface area (Å²) in [5, 5.41) is 14.0. The average Bonchev–Trinajstić information content (AvgIpc) is 3.20. The molecule has 30 heavy (non-hydrogen) atoms. The van der Waals surface area contributed by atoms with Crippen molar-refractivity contribution in [1.29, 1.82) is 0 Å². The zero-order valence-corrected chi connectivity index (χ0v) is 17.9. The minimum absolute atomic E-state index is 0.00788. The lowest BCUT2D eigenvalue weighted by Gasteiger charge is -2.26. The van der Waals surface area contributed by atoms with Gasteiger partial charge in [-0.2, -0.15) is 5.10 Å². The van der Waals surface area contributed by atoms with E-state index >= 15 is 0 Å². The lowest BCUT2D eigenvalue weighted by molar-refractivity contribution is -0.121. The van der Waals surface area contributed by atoms with Crippen molar-refractivity contribution in [1.82, 2.24) is 35.4 Å². The zero-order chi connectivity index (χ0) is 21.6. The number of carbonyl (C=O) groups is 1. The molecule has 0 atom stereocenters. The molecule has 9 nitrogen and oxygen atoms in total. The highest BCUT2D eigenvalue weighted by Crippen LogP contribution is 2.28. The number of nitrogens with zero attached hydrogens (tertiary/aromatic N) is 5. The molecule has 0 spiro atoms. The Kier molecular flexibility index (Phi) is 6.96. The molecule has 0 aliphatic rings. The van der Waals surface area contributed by atoms with Gasteiger partial charge >= 0.3 is 0 Å². The van der Waals surface area contributed by atoms with Gasteiger partial charge in [0.05, 0.1) is 34.8 Å². The molecule has 3 aromatic rings. The number of halogens is 1. The predicted molar refractivity (Wildman–Crippen MR) is 115 cm³/mol. The molecule has 3 N–H and O–H groups in total. The van der Waals surface area contributed by atoms with Crippen molar-refractivity contribution in [3.8, 4) is 5.69 Å². The van der Waals surface area contributed by atoms with E-state index in [0.29, 0.717) is 41.9 Å². The largest absolute Gasteiger partial charge is 0.352 e.